The number of phenolic OH excluding ortho intramolecular Hbond substituents is 1. The van der Waals surface area contributed by atoms with Crippen molar-refractivity contribution in [1.82, 2.24) is 4.98 Å². The van der Waals surface area contributed by atoms with Crippen LogP contribution in [0.5, 0.6) is 5.75 Å². The lowest BCUT2D eigenvalue weighted by Crippen LogP contribution is -2.02. The van der Waals surface area contributed by atoms with Gasteiger partial charge in [0.25, 0.3) is 0 Å². The average molecular weight is 203 g/mol. The van der Waals surface area contributed by atoms with Gasteiger partial charge in [0.15, 0.2) is 0 Å². The molecule has 0 aliphatic carbocycles. The zero-order valence-corrected chi connectivity index (χ0v) is 8.10. The minimum atomic E-state index is -0.409. The highest BCUT2D eigenvalue weighted by Crippen LogP contribution is 2.21. The number of methoxy groups -OCH3 is 1. The molecule has 0 aliphatic heterocycles. The minimum absolute atomic E-state index is 0.122. The smallest absolute Gasteiger partial charge is 0.338 e. The highest BCUT2D eigenvalue weighted by atomic mass is 16.5. The topological polar surface area (TPSA) is 59.4 Å². The van der Waals surface area contributed by atoms with E-state index in [0.717, 1.165) is 0 Å². The maximum Gasteiger partial charge on any atom is 0.338 e. The van der Waals surface area contributed by atoms with Crippen LogP contribution in [0.25, 0.3) is 10.9 Å². The van der Waals surface area contributed by atoms with Crippen molar-refractivity contribution in [2.75, 3.05) is 7.11 Å². The molecule has 1 N–H and O–H groups in total. The van der Waals surface area contributed by atoms with E-state index in [-0.39, 0.29) is 5.75 Å². The summed E-state index contributed by atoms with van der Waals surface area (Å²) in [4.78, 5) is 15.5. The highest BCUT2D eigenvalue weighted by molar-refractivity contribution is 6.03. The van der Waals surface area contributed by atoms with Crippen LogP contribution in [0.2, 0.25) is 0 Å². The summed E-state index contributed by atoms with van der Waals surface area (Å²) in [5, 5.41) is 9.93. The second-order valence-corrected chi connectivity index (χ2v) is 3.05. The summed E-state index contributed by atoms with van der Waals surface area (Å²) in [6, 6.07) is 6.24. The van der Waals surface area contributed by atoms with Crippen LogP contribution in [0.3, 0.4) is 0 Å². The van der Waals surface area contributed by atoms with Crippen LogP contribution >= 0.6 is 0 Å². The fraction of sp³-hybridized carbons (Fsp3) is 0.0909. The van der Waals surface area contributed by atoms with Crippen LogP contribution < -0.4 is 0 Å². The van der Waals surface area contributed by atoms with Crippen molar-refractivity contribution in [1.29, 1.82) is 0 Å². The molecule has 76 valence electrons. The molecule has 0 atom stereocenters. The first kappa shape index (κ1) is 9.45. The molecule has 1 aromatic heterocycles. The first-order valence-electron chi connectivity index (χ1n) is 4.38. The van der Waals surface area contributed by atoms with Crippen LogP contribution in [0.1, 0.15) is 10.4 Å². The standard InChI is InChI=1S/C11H9NO3/c1-15-11(14)9-4-5-12-10-6-7(13)2-3-8(9)10/h2-6,13H,1H3. The maximum absolute atomic E-state index is 11.4. The van der Waals surface area contributed by atoms with Crippen molar-refractivity contribution in [3.8, 4) is 5.75 Å². The Morgan fingerprint density at radius 1 is 1.40 bits per heavy atom. The van der Waals surface area contributed by atoms with E-state index in [1.807, 2.05) is 0 Å². The molecule has 0 aliphatic rings. The largest absolute Gasteiger partial charge is 0.508 e. The van der Waals surface area contributed by atoms with Gasteiger partial charge < -0.3 is 9.84 Å². The summed E-state index contributed by atoms with van der Waals surface area (Å²) < 4.78 is 4.65. The van der Waals surface area contributed by atoms with Gasteiger partial charge in [-0.25, -0.2) is 4.79 Å². The molecule has 4 nitrogen and oxygen atoms in total. The van der Waals surface area contributed by atoms with Crippen LogP contribution in [0.15, 0.2) is 30.5 Å². The van der Waals surface area contributed by atoms with E-state index in [0.29, 0.717) is 16.5 Å². The van der Waals surface area contributed by atoms with E-state index in [1.165, 1.54) is 25.4 Å². The van der Waals surface area contributed by atoms with Gasteiger partial charge in [-0.15, -0.1) is 0 Å². The van der Waals surface area contributed by atoms with E-state index in [4.69, 9.17) is 0 Å². The number of carbonyl (C=O) groups excluding carboxylic acids is 1. The van der Waals surface area contributed by atoms with Crippen molar-refractivity contribution in [2.45, 2.75) is 0 Å². The van der Waals surface area contributed by atoms with Crippen molar-refractivity contribution in [3.63, 3.8) is 0 Å². The Kier molecular flexibility index (Phi) is 2.25. The predicted octanol–water partition coefficient (Wildman–Crippen LogP) is 1.73. The summed E-state index contributed by atoms with van der Waals surface area (Å²) in [5.41, 5.74) is 1.01. The third-order valence-electron chi connectivity index (χ3n) is 2.13. The first-order chi connectivity index (χ1) is 7.22. The van der Waals surface area contributed by atoms with E-state index in [9.17, 15) is 9.90 Å². The molecule has 0 amide bonds. The average Bonchev–Trinajstić information content (AvgIpc) is 2.26. The number of hydrogen-bond acceptors (Lipinski definition) is 4. The van der Waals surface area contributed by atoms with Gasteiger partial charge in [0.05, 0.1) is 18.2 Å². The Labute approximate surface area is 86.1 Å². The molecule has 0 spiro atoms. The normalized spacial score (nSPS) is 10.2. The van der Waals surface area contributed by atoms with Gasteiger partial charge in [0.2, 0.25) is 0 Å². The Hall–Kier alpha value is -2.10. The molecule has 0 radical (unpaired) electrons. The summed E-state index contributed by atoms with van der Waals surface area (Å²) in [7, 11) is 1.33. The van der Waals surface area contributed by atoms with Gasteiger partial charge in [-0.3, -0.25) is 4.98 Å². The lowest BCUT2D eigenvalue weighted by atomic mass is 10.1. The van der Waals surface area contributed by atoms with Gasteiger partial charge in [-0.2, -0.15) is 0 Å². The zero-order valence-electron chi connectivity index (χ0n) is 8.10. The molecule has 2 rings (SSSR count). The Morgan fingerprint density at radius 2 is 2.20 bits per heavy atom. The fourth-order valence-corrected chi connectivity index (χ4v) is 1.42. The number of fused-ring (bicyclic) bond motifs is 1. The van der Waals surface area contributed by atoms with Crippen LogP contribution in [0.4, 0.5) is 0 Å². The Balaban J connectivity index is 2.71. The van der Waals surface area contributed by atoms with Gasteiger partial charge >= 0.3 is 5.97 Å². The van der Waals surface area contributed by atoms with Crippen molar-refractivity contribution in [3.05, 3.63) is 36.0 Å². The zero-order chi connectivity index (χ0) is 10.8. The monoisotopic (exact) mass is 203 g/mol. The summed E-state index contributed by atoms with van der Waals surface area (Å²) in [6.07, 6.45) is 1.51. The summed E-state index contributed by atoms with van der Waals surface area (Å²) in [5.74, 6) is -0.287. The molecular formula is C11H9NO3. The second kappa shape index (κ2) is 3.57. The van der Waals surface area contributed by atoms with E-state index >= 15 is 0 Å². The molecule has 0 saturated heterocycles. The lowest BCUT2D eigenvalue weighted by molar-refractivity contribution is 0.0603. The number of esters is 1. The van der Waals surface area contributed by atoms with Crippen LogP contribution in [-0.4, -0.2) is 23.2 Å². The van der Waals surface area contributed by atoms with E-state index in [2.05, 4.69) is 9.72 Å². The maximum atomic E-state index is 11.4. The minimum Gasteiger partial charge on any atom is -0.508 e. The van der Waals surface area contributed by atoms with Gasteiger partial charge in [0, 0.05) is 17.6 Å². The SMILES string of the molecule is COC(=O)c1ccnc2cc(O)ccc12. The Morgan fingerprint density at radius 3 is 2.93 bits per heavy atom. The first-order valence-corrected chi connectivity index (χ1v) is 4.38. The third kappa shape index (κ3) is 1.61. The Bertz CT molecular complexity index is 522. The lowest BCUT2D eigenvalue weighted by Gasteiger charge is -2.03. The molecule has 0 saturated carbocycles. The second-order valence-electron chi connectivity index (χ2n) is 3.05. The van der Waals surface area contributed by atoms with Gasteiger partial charge in [-0.1, -0.05) is 0 Å². The van der Waals surface area contributed by atoms with Crippen molar-refractivity contribution < 1.29 is 14.6 Å². The third-order valence-corrected chi connectivity index (χ3v) is 2.13. The fourth-order valence-electron chi connectivity index (χ4n) is 1.42. The van der Waals surface area contributed by atoms with Gasteiger partial charge in [-0.05, 0) is 18.2 Å². The van der Waals surface area contributed by atoms with Gasteiger partial charge in [0.1, 0.15) is 5.75 Å². The molecule has 2 aromatic rings. The number of ether oxygens (including phenoxy) is 1. The molecule has 4 heteroatoms. The summed E-state index contributed by atoms with van der Waals surface area (Å²) >= 11 is 0. The number of benzene rings is 1. The molecule has 0 unspecified atom stereocenters. The number of rotatable bonds is 1. The number of pyridine rings is 1. The number of carbonyl (C=O) groups is 1. The number of aromatic nitrogens is 1. The number of nitrogens with zero attached hydrogens (tertiary/aromatic N) is 1. The number of phenols is 1. The number of aromatic hydroxyl groups is 1. The summed E-state index contributed by atoms with van der Waals surface area (Å²) in [6.45, 7) is 0. The van der Waals surface area contributed by atoms with E-state index in [1.54, 1.807) is 12.1 Å². The predicted molar refractivity (Wildman–Crippen MR) is 54.7 cm³/mol. The molecule has 1 aromatic carbocycles. The van der Waals surface area contributed by atoms with Crippen molar-refractivity contribution in [2.24, 2.45) is 0 Å². The highest BCUT2D eigenvalue weighted by Gasteiger charge is 2.10. The van der Waals surface area contributed by atoms with Crippen molar-refractivity contribution >= 4 is 16.9 Å². The van der Waals surface area contributed by atoms with E-state index < -0.39 is 5.97 Å². The molecule has 0 fully saturated rings. The molecular weight excluding hydrogens is 194 g/mol. The molecule has 1 heterocycles. The quantitative estimate of drug-likeness (QED) is 0.717. The van der Waals surface area contributed by atoms with Crippen LogP contribution in [0, 0.1) is 0 Å². The number of hydrogen-bond donors (Lipinski definition) is 1. The van der Waals surface area contributed by atoms with Crippen LogP contribution in [-0.2, 0) is 4.74 Å². The molecule has 0 bridgehead atoms. The molecule has 15 heavy (non-hydrogen) atoms.